The number of aromatic amines is 1. The SMILES string of the molecule is CC.Cn1c(=O)[nH]c2c(NC(=O)Nc3ccc4ccccc4c3)ncnc21. The van der Waals surface area contributed by atoms with E-state index in [1.807, 2.05) is 56.3 Å². The molecule has 0 unspecified atom stereocenters. The first kappa shape index (κ1) is 18.1. The highest BCUT2D eigenvalue weighted by atomic mass is 16.2. The van der Waals surface area contributed by atoms with Gasteiger partial charge in [0.2, 0.25) is 0 Å². The minimum atomic E-state index is -0.458. The van der Waals surface area contributed by atoms with Gasteiger partial charge in [0.05, 0.1) is 0 Å². The van der Waals surface area contributed by atoms with Crippen molar-refractivity contribution in [2.45, 2.75) is 13.8 Å². The number of hydrogen-bond acceptors (Lipinski definition) is 4. The Hall–Kier alpha value is -3.68. The standard InChI is InChI=1S/C17H14N6O2.C2H6/c1-23-15-13(21-17(23)25)14(18-9-19-15)22-16(24)20-12-7-6-10-4-2-3-5-11(10)8-12;1-2/h2-9H,1H3,(H,21,25)(H2,18,19,20,22,24);1-2H3. The monoisotopic (exact) mass is 364 g/mol. The molecule has 8 nitrogen and oxygen atoms in total. The molecule has 4 aromatic rings. The van der Waals surface area contributed by atoms with E-state index in [-0.39, 0.29) is 11.5 Å². The minimum Gasteiger partial charge on any atom is -0.308 e. The lowest BCUT2D eigenvalue weighted by atomic mass is 10.1. The van der Waals surface area contributed by atoms with Gasteiger partial charge in [-0.2, -0.15) is 0 Å². The highest BCUT2D eigenvalue weighted by Crippen LogP contribution is 2.19. The highest BCUT2D eigenvalue weighted by molar-refractivity contribution is 6.03. The number of nitrogens with one attached hydrogen (secondary N) is 3. The summed E-state index contributed by atoms with van der Waals surface area (Å²) in [5.74, 6) is 0.237. The van der Waals surface area contributed by atoms with E-state index in [1.165, 1.54) is 10.9 Å². The second-order valence-corrected chi connectivity index (χ2v) is 5.55. The van der Waals surface area contributed by atoms with Crippen LogP contribution in [0.25, 0.3) is 21.9 Å². The molecule has 0 saturated carbocycles. The number of aryl methyl sites for hydroxylation is 1. The predicted octanol–water partition coefficient (Wildman–Crippen LogP) is 3.48. The van der Waals surface area contributed by atoms with Gasteiger partial charge in [0.1, 0.15) is 11.8 Å². The van der Waals surface area contributed by atoms with Gasteiger partial charge < -0.3 is 10.3 Å². The number of H-pyrrole nitrogens is 1. The zero-order chi connectivity index (χ0) is 19.4. The summed E-state index contributed by atoms with van der Waals surface area (Å²) in [5, 5.41) is 7.51. The number of amides is 2. The largest absolute Gasteiger partial charge is 0.327 e. The molecule has 0 radical (unpaired) electrons. The van der Waals surface area contributed by atoms with Gasteiger partial charge >= 0.3 is 11.7 Å². The molecular formula is C19H20N6O2. The Kier molecular flexibility index (Phi) is 5.16. The van der Waals surface area contributed by atoms with Gasteiger partial charge in [-0.3, -0.25) is 9.88 Å². The molecule has 138 valence electrons. The van der Waals surface area contributed by atoms with Crippen LogP contribution >= 0.6 is 0 Å². The van der Waals surface area contributed by atoms with Crippen molar-refractivity contribution >= 4 is 39.5 Å². The summed E-state index contributed by atoms with van der Waals surface area (Å²) < 4.78 is 1.35. The summed E-state index contributed by atoms with van der Waals surface area (Å²) in [6.45, 7) is 4.00. The van der Waals surface area contributed by atoms with Gasteiger partial charge in [-0.05, 0) is 22.9 Å². The summed E-state index contributed by atoms with van der Waals surface area (Å²) in [6, 6.07) is 13.1. The number of urea groups is 1. The van der Waals surface area contributed by atoms with E-state index in [0.717, 1.165) is 10.8 Å². The predicted molar refractivity (Wildman–Crippen MR) is 107 cm³/mol. The third-order valence-corrected chi connectivity index (χ3v) is 3.92. The minimum absolute atomic E-state index is 0.237. The van der Waals surface area contributed by atoms with Crippen LogP contribution in [0.2, 0.25) is 0 Å². The smallest absolute Gasteiger partial charge is 0.308 e. The second kappa shape index (κ2) is 7.69. The van der Waals surface area contributed by atoms with Crippen LogP contribution in [0, 0.1) is 0 Å². The average molecular weight is 364 g/mol. The molecule has 2 aromatic carbocycles. The Bertz CT molecular complexity index is 1160. The molecule has 4 rings (SSSR count). The maximum Gasteiger partial charge on any atom is 0.327 e. The molecular weight excluding hydrogens is 344 g/mol. The van der Waals surface area contributed by atoms with Gasteiger partial charge in [-0.25, -0.2) is 19.6 Å². The van der Waals surface area contributed by atoms with Crippen molar-refractivity contribution in [3.05, 3.63) is 59.3 Å². The number of anilines is 2. The van der Waals surface area contributed by atoms with Crippen molar-refractivity contribution in [1.82, 2.24) is 19.5 Å². The zero-order valence-corrected chi connectivity index (χ0v) is 15.3. The molecule has 2 amide bonds. The van der Waals surface area contributed by atoms with Gasteiger partial charge in [-0.15, -0.1) is 0 Å². The maximum absolute atomic E-state index is 12.3. The van der Waals surface area contributed by atoms with Crippen molar-refractivity contribution < 1.29 is 4.79 Å². The number of fused-ring (bicyclic) bond motifs is 2. The molecule has 3 N–H and O–H groups in total. The topological polar surface area (TPSA) is 105 Å². The third kappa shape index (κ3) is 3.64. The van der Waals surface area contributed by atoms with Crippen LogP contribution in [-0.2, 0) is 7.05 Å². The summed E-state index contributed by atoms with van der Waals surface area (Å²) in [7, 11) is 1.59. The van der Waals surface area contributed by atoms with E-state index < -0.39 is 6.03 Å². The van der Waals surface area contributed by atoms with E-state index >= 15 is 0 Å². The van der Waals surface area contributed by atoms with E-state index in [2.05, 4.69) is 25.6 Å². The van der Waals surface area contributed by atoms with Crippen molar-refractivity contribution in [3.63, 3.8) is 0 Å². The Balaban J connectivity index is 0.00000102. The molecule has 2 aromatic heterocycles. The fourth-order valence-electron chi connectivity index (χ4n) is 2.66. The van der Waals surface area contributed by atoms with Gasteiger partial charge in [0.15, 0.2) is 11.5 Å². The fourth-order valence-corrected chi connectivity index (χ4v) is 2.66. The molecule has 27 heavy (non-hydrogen) atoms. The number of imidazole rings is 1. The number of carbonyl (C=O) groups excluding carboxylic acids is 1. The molecule has 0 aliphatic heterocycles. The number of aromatic nitrogens is 4. The van der Waals surface area contributed by atoms with Crippen LogP contribution in [0.15, 0.2) is 53.6 Å². The number of rotatable bonds is 2. The maximum atomic E-state index is 12.3. The van der Waals surface area contributed by atoms with Crippen molar-refractivity contribution in [3.8, 4) is 0 Å². The summed E-state index contributed by atoms with van der Waals surface area (Å²) in [4.78, 5) is 34.7. The molecule has 0 spiro atoms. The van der Waals surface area contributed by atoms with Gasteiger partial charge in [0, 0.05) is 12.7 Å². The Morgan fingerprint density at radius 2 is 1.78 bits per heavy atom. The lowest BCUT2D eigenvalue weighted by Crippen LogP contribution is -2.20. The fraction of sp³-hybridized carbons (Fsp3) is 0.158. The number of carbonyl (C=O) groups is 1. The van der Waals surface area contributed by atoms with Crippen molar-refractivity contribution in [2.24, 2.45) is 7.05 Å². The van der Waals surface area contributed by atoms with Crippen LogP contribution in [0.3, 0.4) is 0 Å². The first-order valence-electron chi connectivity index (χ1n) is 8.58. The Morgan fingerprint density at radius 3 is 2.56 bits per heavy atom. The number of benzene rings is 2. The average Bonchev–Trinajstić information content (AvgIpc) is 2.99. The van der Waals surface area contributed by atoms with Crippen LogP contribution < -0.4 is 16.3 Å². The molecule has 0 atom stereocenters. The highest BCUT2D eigenvalue weighted by Gasteiger charge is 2.12. The lowest BCUT2D eigenvalue weighted by Gasteiger charge is -2.08. The molecule has 2 heterocycles. The lowest BCUT2D eigenvalue weighted by molar-refractivity contribution is 0.262. The van der Waals surface area contributed by atoms with Crippen LogP contribution in [0.5, 0.6) is 0 Å². The first-order valence-corrected chi connectivity index (χ1v) is 8.58. The summed E-state index contributed by atoms with van der Waals surface area (Å²) in [6.07, 6.45) is 1.29. The first-order chi connectivity index (χ1) is 13.1. The molecule has 8 heteroatoms. The molecule has 0 saturated heterocycles. The van der Waals surface area contributed by atoms with Gasteiger partial charge in [-0.1, -0.05) is 44.2 Å². The summed E-state index contributed by atoms with van der Waals surface area (Å²) in [5.41, 5.74) is 1.13. The van der Waals surface area contributed by atoms with E-state index in [1.54, 1.807) is 7.05 Å². The van der Waals surface area contributed by atoms with Crippen LogP contribution in [0.1, 0.15) is 13.8 Å². The molecule has 0 aliphatic rings. The number of nitrogens with zero attached hydrogens (tertiary/aromatic N) is 3. The van der Waals surface area contributed by atoms with E-state index in [4.69, 9.17) is 0 Å². The van der Waals surface area contributed by atoms with Gasteiger partial charge in [0.25, 0.3) is 0 Å². The van der Waals surface area contributed by atoms with Crippen molar-refractivity contribution in [2.75, 3.05) is 10.6 Å². The Morgan fingerprint density at radius 1 is 1.04 bits per heavy atom. The van der Waals surface area contributed by atoms with Crippen molar-refractivity contribution in [1.29, 1.82) is 0 Å². The quantitative estimate of drug-likeness (QED) is 0.506. The van der Waals surface area contributed by atoms with E-state index in [9.17, 15) is 9.59 Å². The molecule has 0 bridgehead atoms. The zero-order valence-electron chi connectivity index (χ0n) is 15.3. The second-order valence-electron chi connectivity index (χ2n) is 5.55. The molecule has 0 fully saturated rings. The third-order valence-electron chi connectivity index (χ3n) is 3.92. The van der Waals surface area contributed by atoms with Crippen LogP contribution in [-0.4, -0.2) is 25.6 Å². The Labute approximate surface area is 155 Å². The molecule has 0 aliphatic carbocycles. The normalized spacial score (nSPS) is 10.3. The van der Waals surface area contributed by atoms with Crippen LogP contribution in [0.4, 0.5) is 16.3 Å². The number of hydrogen-bond donors (Lipinski definition) is 3. The summed E-state index contributed by atoms with van der Waals surface area (Å²) >= 11 is 0. The van der Waals surface area contributed by atoms with E-state index in [0.29, 0.717) is 16.9 Å².